The minimum absolute atomic E-state index is 0.0450. The molecule has 2 saturated carbocycles. The molecule has 0 spiro atoms. The zero-order chi connectivity index (χ0) is 13.6. The van der Waals surface area contributed by atoms with Crippen LogP contribution in [0.1, 0.15) is 32.6 Å². The van der Waals surface area contributed by atoms with Gasteiger partial charge in [0.15, 0.2) is 0 Å². The number of carbonyl (C=O) groups excluding carboxylic acids is 1. The van der Waals surface area contributed by atoms with Crippen LogP contribution in [0.5, 0.6) is 0 Å². The van der Waals surface area contributed by atoms with Gasteiger partial charge >= 0.3 is 12.0 Å². The maximum Gasteiger partial charge on any atom is 0.317 e. The van der Waals surface area contributed by atoms with Crippen molar-refractivity contribution in [3.8, 4) is 0 Å². The predicted molar refractivity (Wildman–Crippen MR) is 69.6 cm³/mol. The Morgan fingerprint density at radius 2 is 1.74 bits per heavy atom. The first-order valence-electron chi connectivity index (χ1n) is 7.34. The monoisotopic (exact) mass is 266 g/mol. The molecule has 2 N–H and O–H groups in total. The zero-order valence-corrected chi connectivity index (χ0v) is 11.3. The molecule has 2 aliphatic carbocycles. The van der Waals surface area contributed by atoms with Gasteiger partial charge < -0.3 is 15.3 Å². The molecule has 0 aromatic rings. The van der Waals surface area contributed by atoms with Crippen molar-refractivity contribution >= 4 is 12.0 Å². The number of nitrogens with one attached hydrogen (secondary N) is 1. The molecule has 1 heterocycles. The van der Waals surface area contributed by atoms with E-state index in [-0.39, 0.29) is 11.9 Å². The molecule has 0 aromatic heterocycles. The van der Waals surface area contributed by atoms with Gasteiger partial charge in [0, 0.05) is 19.1 Å². The Kier molecular flexibility index (Phi) is 3.15. The Morgan fingerprint density at radius 3 is 2.16 bits per heavy atom. The fraction of sp³-hybridized carbons (Fsp3) is 0.857. The number of rotatable bonds is 4. The first-order valence-corrected chi connectivity index (χ1v) is 7.34. The van der Waals surface area contributed by atoms with Crippen molar-refractivity contribution in [3.63, 3.8) is 0 Å². The lowest BCUT2D eigenvalue weighted by Gasteiger charge is -2.23. The molecule has 106 valence electrons. The lowest BCUT2D eigenvalue weighted by atomic mass is 9.99. The Bertz CT molecular complexity index is 378. The van der Waals surface area contributed by atoms with Crippen LogP contribution >= 0.6 is 0 Å². The Labute approximate surface area is 113 Å². The second-order valence-corrected chi connectivity index (χ2v) is 6.48. The standard InChI is InChI=1S/C14H22N2O3/c1-8-6-16(7-11(8)13(17)18)14(19)15-12(9-2-3-9)10-4-5-10/h8-12H,2-7H2,1H3,(H,15,19)(H,17,18). The minimum Gasteiger partial charge on any atom is -0.481 e. The molecule has 1 saturated heterocycles. The Balaban J connectivity index is 1.57. The van der Waals surface area contributed by atoms with E-state index in [4.69, 9.17) is 5.11 Å². The van der Waals surface area contributed by atoms with Gasteiger partial charge in [-0.1, -0.05) is 6.92 Å². The third-order valence-corrected chi connectivity index (χ3v) is 4.77. The van der Waals surface area contributed by atoms with Crippen LogP contribution in [-0.2, 0) is 4.79 Å². The summed E-state index contributed by atoms with van der Waals surface area (Å²) in [6.45, 7) is 2.82. The van der Waals surface area contributed by atoms with Gasteiger partial charge in [-0.3, -0.25) is 4.79 Å². The van der Waals surface area contributed by atoms with Gasteiger partial charge in [-0.15, -0.1) is 0 Å². The molecule has 2 atom stereocenters. The lowest BCUT2D eigenvalue weighted by Crippen LogP contribution is -2.46. The largest absolute Gasteiger partial charge is 0.481 e. The lowest BCUT2D eigenvalue weighted by molar-refractivity contribution is -0.142. The SMILES string of the molecule is CC1CN(C(=O)NC(C2CC2)C2CC2)CC1C(=O)O. The fourth-order valence-electron chi connectivity index (χ4n) is 3.22. The third kappa shape index (κ3) is 2.69. The Hall–Kier alpha value is -1.26. The number of aliphatic carboxylic acids is 1. The first-order chi connectivity index (χ1) is 9.06. The molecule has 3 rings (SSSR count). The fourth-order valence-corrected chi connectivity index (χ4v) is 3.22. The molecular weight excluding hydrogens is 244 g/mol. The van der Waals surface area contributed by atoms with E-state index in [9.17, 15) is 9.59 Å². The van der Waals surface area contributed by atoms with Crippen LogP contribution in [0.15, 0.2) is 0 Å². The molecular formula is C14H22N2O3. The van der Waals surface area contributed by atoms with E-state index >= 15 is 0 Å². The second-order valence-electron chi connectivity index (χ2n) is 6.48. The summed E-state index contributed by atoms with van der Waals surface area (Å²) in [7, 11) is 0. The van der Waals surface area contributed by atoms with E-state index in [1.54, 1.807) is 4.90 Å². The number of hydrogen-bond donors (Lipinski definition) is 2. The topological polar surface area (TPSA) is 69.6 Å². The number of carbonyl (C=O) groups is 2. The first kappa shape index (κ1) is 12.8. The van der Waals surface area contributed by atoms with Crippen LogP contribution in [-0.4, -0.2) is 41.1 Å². The second kappa shape index (κ2) is 4.69. The molecule has 5 heteroatoms. The third-order valence-electron chi connectivity index (χ3n) is 4.77. The van der Waals surface area contributed by atoms with Gasteiger partial charge in [-0.2, -0.15) is 0 Å². The van der Waals surface area contributed by atoms with E-state index in [1.165, 1.54) is 25.7 Å². The van der Waals surface area contributed by atoms with Crippen molar-refractivity contribution in [2.24, 2.45) is 23.7 Å². The van der Waals surface area contributed by atoms with Crippen molar-refractivity contribution in [3.05, 3.63) is 0 Å². The molecule has 1 aliphatic heterocycles. The highest BCUT2D eigenvalue weighted by Gasteiger charge is 2.44. The quantitative estimate of drug-likeness (QED) is 0.811. The van der Waals surface area contributed by atoms with Gasteiger partial charge in [0.05, 0.1) is 5.92 Å². The van der Waals surface area contributed by atoms with Gasteiger partial charge in [-0.05, 0) is 43.4 Å². The highest BCUT2D eigenvalue weighted by atomic mass is 16.4. The summed E-state index contributed by atoms with van der Waals surface area (Å²) in [5.74, 6) is 0.192. The number of likely N-dealkylation sites (tertiary alicyclic amines) is 1. The molecule has 19 heavy (non-hydrogen) atoms. The van der Waals surface area contributed by atoms with E-state index in [1.807, 2.05) is 6.92 Å². The number of nitrogens with zero attached hydrogens (tertiary/aromatic N) is 1. The summed E-state index contributed by atoms with van der Waals surface area (Å²) in [6.07, 6.45) is 4.93. The van der Waals surface area contributed by atoms with Gasteiger partial charge in [0.1, 0.15) is 0 Å². The zero-order valence-electron chi connectivity index (χ0n) is 11.3. The summed E-state index contributed by atoms with van der Waals surface area (Å²) in [5.41, 5.74) is 0. The molecule has 2 amide bonds. The maximum absolute atomic E-state index is 12.3. The van der Waals surface area contributed by atoms with Gasteiger partial charge in [0.2, 0.25) is 0 Å². The van der Waals surface area contributed by atoms with Crippen molar-refractivity contribution in [2.75, 3.05) is 13.1 Å². The average Bonchev–Trinajstić information content (AvgIpc) is 3.23. The number of carboxylic acid groups (broad SMARTS) is 1. The number of carboxylic acids is 1. The number of amides is 2. The summed E-state index contributed by atoms with van der Waals surface area (Å²) in [5, 5.41) is 12.3. The number of urea groups is 1. The van der Waals surface area contributed by atoms with Crippen LogP contribution in [0, 0.1) is 23.7 Å². The molecule has 0 aromatic carbocycles. The van der Waals surface area contributed by atoms with Crippen molar-refractivity contribution in [2.45, 2.75) is 38.6 Å². The van der Waals surface area contributed by atoms with Crippen molar-refractivity contribution in [1.82, 2.24) is 10.2 Å². The van der Waals surface area contributed by atoms with Crippen molar-refractivity contribution < 1.29 is 14.7 Å². The highest BCUT2D eigenvalue weighted by Crippen LogP contribution is 2.44. The molecule has 0 bridgehead atoms. The summed E-state index contributed by atoms with van der Waals surface area (Å²) >= 11 is 0. The van der Waals surface area contributed by atoms with Gasteiger partial charge in [0.25, 0.3) is 0 Å². The molecule has 3 fully saturated rings. The smallest absolute Gasteiger partial charge is 0.317 e. The molecule has 2 unspecified atom stereocenters. The predicted octanol–water partition coefficient (Wildman–Crippen LogP) is 1.54. The Morgan fingerprint density at radius 1 is 1.16 bits per heavy atom. The summed E-state index contributed by atoms with van der Waals surface area (Å²) < 4.78 is 0. The van der Waals surface area contributed by atoms with Crippen LogP contribution in [0.4, 0.5) is 4.79 Å². The average molecular weight is 266 g/mol. The van der Waals surface area contributed by atoms with Crippen LogP contribution in [0.25, 0.3) is 0 Å². The van der Waals surface area contributed by atoms with E-state index in [0.717, 1.165) is 0 Å². The summed E-state index contributed by atoms with van der Waals surface area (Å²) in [6, 6.07) is 0.283. The van der Waals surface area contributed by atoms with E-state index in [2.05, 4.69) is 5.32 Å². The van der Waals surface area contributed by atoms with Crippen molar-refractivity contribution in [1.29, 1.82) is 0 Å². The van der Waals surface area contributed by atoms with E-state index < -0.39 is 11.9 Å². The summed E-state index contributed by atoms with van der Waals surface area (Å²) in [4.78, 5) is 25.0. The molecule has 0 radical (unpaired) electrons. The number of hydrogen-bond acceptors (Lipinski definition) is 2. The maximum atomic E-state index is 12.3. The van der Waals surface area contributed by atoms with Crippen LogP contribution < -0.4 is 5.32 Å². The molecule has 3 aliphatic rings. The van der Waals surface area contributed by atoms with Crippen LogP contribution in [0.2, 0.25) is 0 Å². The highest BCUT2D eigenvalue weighted by molar-refractivity contribution is 5.78. The van der Waals surface area contributed by atoms with E-state index in [0.29, 0.717) is 31.0 Å². The van der Waals surface area contributed by atoms with Crippen LogP contribution in [0.3, 0.4) is 0 Å². The minimum atomic E-state index is -0.788. The molecule has 5 nitrogen and oxygen atoms in total. The normalized spacial score (nSPS) is 30.7. The van der Waals surface area contributed by atoms with Gasteiger partial charge in [-0.25, -0.2) is 4.79 Å².